The molecule has 0 unspecified atom stereocenters. The number of amides is 1. The van der Waals surface area contributed by atoms with Gasteiger partial charge in [-0.15, -0.1) is 0 Å². The highest BCUT2D eigenvalue weighted by Gasteiger charge is 2.09. The van der Waals surface area contributed by atoms with Crippen LogP contribution in [0.1, 0.15) is 10.5 Å². The van der Waals surface area contributed by atoms with Crippen molar-refractivity contribution < 1.29 is 4.79 Å². The Morgan fingerprint density at radius 3 is 2.63 bits per heavy atom. The molecule has 0 saturated carbocycles. The van der Waals surface area contributed by atoms with Crippen LogP contribution in [0.25, 0.3) is 10.9 Å². The lowest BCUT2D eigenvalue weighted by atomic mass is 10.2. The van der Waals surface area contributed by atoms with E-state index < -0.39 is 0 Å². The van der Waals surface area contributed by atoms with E-state index in [0.717, 1.165) is 21.1 Å². The van der Waals surface area contributed by atoms with E-state index in [-0.39, 0.29) is 5.91 Å². The number of H-pyrrole nitrogens is 1. The molecular weight excluding hydrogens is 304 g/mol. The number of fused-ring (bicyclic) bond motifs is 1. The highest BCUT2D eigenvalue weighted by molar-refractivity contribution is 9.10. The number of hydrogen-bond acceptors (Lipinski definition) is 1. The van der Waals surface area contributed by atoms with Crippen molar-refractivity contribution in [2.24, 2.45) is 0 Å². The number of hydrogen-bond donors (Lipinski definition) is 2. The van der Waals surface area contributed by atoms with Crippen LogP contribution in [-0.2, 0) is 0 Å². The highest BCUT2D eigenvalue weighted by Crippen LogP contribution is 2.21. The Morgan fingerprint density at radius 2 is 1.84 bits per heavy atom. The fourth-order valence-electron chi connectivity index (χ4n) is 1.95. The number of benzene rings is 2. The monoisotopic (exact) mass is 314 g/mol. The molecule has 2 N–H and O–H groups in total. The van der Waals surface area contributed by atoms with Gasteiger partial charge in [0, 0.05) is 21.1 Å². The van der Waals surface area contributed by atoms with E-state index in [1.807, 2.05) is 54.6 Å². The van der Waals surface area contributed by atoms with Gasteiger partial charge in [0.15, 0.2) is 0 Å². The van der Waals surface area contributed by atoms with Crippen molar-refractivity contribution in [3.05, 3.63) is 64.8 Å². The SMILES string of the molecule is O=C(Nc1ccccc1)c1cc2cc(Br)ccc2[nH]1. The van der Waals surface area contributed by atoms with E-state index in [2.05, 4.69) is 26.2 Å². The molecule has 3 rings (SSSR count). The zero-order chi connectivity index (χ0) is 13.2. The summed E-state index contributed by atoms with van der Waals surface area (Å²) in [5, 5.41) is 3.86. The lowest BCUT2D eigenvalue weighted by Crippen LogP contribution is -2.11. The van der Waals surface area contributed by atoms with Crippen LogP contribution in [0.4, 0.5) is 5.69 Å². The van der Waals surface area contributed by atoms with Crippen LogP contribution >= 0.6 is 15.9 Å². The van der Waals surface area contributed by atoms with E-state index >= 15 is 0 Å². The number of aromatic nitrogens is 1. The number of carbonyl (C=O) groups is 1. The van der Waals surface area contributed by atoms with Crippen LogP contribution in [0.15, 0.2) is 59.1 Å². The molecule has 0 fully saturated rings. The molecular formula is C15H11BrN2O. The molecule has 0 spiro atoms. The van der Waals surface area contributed by atoms with Crippen LogP contribution in [0.3, 0.4) is 0 Å². The van der Waals surface area contributed by atoms with Crippen molar-refractivity contribution in [2.75, 3.05) is 5.32 Å². The van der Waals surface area contributed by atoms with Crippen molar-refractivity contribution in [1.29, 1.82) is 0 Å². The Hall–Kier alpha value is -2.07. The number of carbonyl (C=O) groups excluding carboxylic acids is 1. The van der Waals surface area contributed by atoms with Gasteiger partial charge < -0.3 is 10.3 Å². The number of halogens is 1. The van der Waals surface area contributed by atoms with Crippen molar-refractivity contribution in [2.45, 2.75) is 0 Å². The van der Waals surface area contributed by atoms with Crippen molar-refractivity contribution in [1.82, 2.24) is 4.98 Å². The standard InChI is InChI=1S/C15H11BrN2O/c16-11-6-7-13-10(8-11)9-14(18-13)15(19)17-12-4-2-1-3-5-12/h1-9,18H,(H,17,19). The van der Waals surface area contributed by atoms with Gasteiger partial charge in [0.25, 0.3) is 5.91 Å². The Labute approximate surface area is 118 Å². The van der Waals surface area contributed by atoms with E-state index in [9.17, 15) is 4.79 Å². The second-order valence-electron chi connectivity index (χ2n) is 4.23. The second-order valence-corrected chi connectivity index (χ2v) is 5.15. The first-order valence-electron chi connectivity index (χ1n) is 5.87. The average Bonchev–Trinajstić information content (AvgIpc) is 2.83. The summed E-state index contributed by atoms with van der Waals surface area (Å²) >= 11 is 3.42. The van der Waals surface area contributed by atoms with Crippen molar-refractivity contribution >= 4 is 38.4 Å². The van der Waals surface area contributed by atoms with Crippen LogP contribution in [-0.4, -0.2) is 10.9 Å². The van der Waals surface area contributed by atoms with E-state index in [1.165, 1.54) is 0 Å². The van der Waals surface area contributed by atoms with Crippen molar-refractivity contribution in [3.8, 4) is 0 Å². The molecule has 0 saturated heterocycles. The molecule has 3 nitrogen and oxygen atoms in total. The molecule has 0 bridgehead atoms. The molecule has 0 aliphatic rings. The molecule has 0 radical (unpaired) electrons. The molecule has 2 aromatic carbocycles. The summed E-state index contributed by atoms with van der Waals surface area (Å²) in [5.41, 5.74) is 2.28. The van der Waals surface area contributed by atoms with Gasteiger partial charge in [0.2, 0.25) is 0 Å². The molecule has 1 heterocycles. The maximum atomic E-state index is 12.1. The van der Waals surface area contributed by atoms with Crippen molar-refractivity contribution in [3.63, 3.8) is 0 Å². The van der Waals surface area contributed by atoms with Gasteiger partial charge in [-0.25, -0.2) is 0 Å². The van der Waals surface area contributed by atoms with E-state index in [0.29, 0.717) is 5.69 Å². The molecule has 0 aliphatic heterocycles. The molecule has 0 aliphatic carbocycles. The molecule has 4 heteroatoms. The van der Waals surface area contributed by atoms with E-state index in [1.54, 1.807) is 0 Å². The number of para-hydroxylation sites is 1. The summed E-state index contributed by atoms with van der Waals surface area (Å²) in [5.74, 6) is -0.140. The van der Waals surface area contributed by atoms with Gasteiger partial charge >= 0.3 is 0 Å². The summed E-state index contributed by atoms with van der Waals surface area (Å²) in [4.78, 5) is 15.2. The Bertz CT molecular complexity index is 734. The summed E-state index contributed by atoms with van der Waals surface area (Å²) in [7, 11) is 0. The summed E-state index contributed by atoms with van der Waals surface area (Å²) in [6.07, 6.45) is 0. The van der Waals surface area contributed by atoms with Gasteiger partial charge in [0.05, 0.1) is 0 Å². The normalized spacial score (nSPS) is 10.6. The molecule has 0 atom stereocenters. The quantitative estimate of drug-likeness (QED) is 0.732. The first kappa shape index (κ1) is 12.0. The second kappa shape index (κ2) is 4.90. The summed E-state index contributed by atoms with van der Waals surface area (Å²) in [6, 6.07) is 17.1. The Morgan fingerprint density at radius 1 is 1.05 bits per heavy atom. The number of rotatable bonds is 2. The van der Waals surface area contributed by atoms with Crippen LogP contribution < -0.4 is 5.32 Å². The third-order valence-electron chi connectivity index (χ3n) is 2.86. The lowest BCUT2D eigenvalue weighted by molar-refractivity contribution is 0.102. The smallest absolute Gasteiger partial charge is 0.272 e. The van der Waals surface area contributed by atoms with Crippen LogP contribution in [0.5, 0.6) is 0 Å². The first-order chi connectivity index (χ1) is 9.22. The van der Waals surface area contributed by atoms with Gasteiger partial charge in [-0.3, -0.25) is 4.79 Å². The Balaban J connectivity index is 1.89. The predicted octanol–water partition coefficient (Wildman–Crippen LogP) is 4.18. The average molecular weight is 315 g/mol. The molecule has 1 amide bonds. The zero-order valence-corrected chi connectivity index (χ0v) is 11.6. The first-order valence-corrected chi connectivity index (χ1v) is 6.66. The zero-order valence-electron chi connectivity index (χ0n) is 9.98. The number of nitrogens with one attached hydrogen (secondary N) is 2. The minimum absolute atomic E-state index is 0.140. The van der Waals surface area contributed by atoms with Crippen LogP contribution in [0.2, 0.25) is 0 Å². The third-order valence-corrected chi connectivity index (χ3v) is 3.35. The molecule has 1 aromatic heterocycles. The topological polar surface area (TPSA) is 44.9 Å². The fraction of sp³-hybridized carbons (Fsp3) is 0. The maximum Gasteiger partial charge on any atom is 0.272 e. The van der Waals surface area contributed by atoms with Gasteiger partial charge in [0.1, 0.15) is 5.69 Å². The van der Waals surface area contributed by atoms with Gasteiger partial charge in [-0.1, -0.05) is 34.1 Å². The largest absolute Gasteiger partial charge is 0.351 e. The summed E-state index contributed by atoms with van der Waals surface area (Å²) in [6.45, 7) is 0. The molecule has 3 aromatic rings. The fourth-order valence-corrected chi connectivity index (χ4v) is 2.32. The summed E-state index contributed by atoms with van der Waals surface area (Å²) < 4.78 is 0.994. The van der Waals surface area contributed by atoms with E-state index in [4.69, 9.17) is 0 Å². The number of anilines is 1. The third kappa shape index (κ3) is 2.53. The molecule has 19 heavy (non-hydrogen) atoms. The minimum Gasteiger partial charge on any atom is -0.351 e. The van der Waals surface area contributed by atoms with Crippen LogP contribution in [0, 0.1) is 0 Å². The lowest BCUT2D eigenvalue weighted by Gasteiger charge is -2.02. The predicted molar refractivity (Wildman–Crippen MR) is 80.4 cm³/mol. The Kier molecular flexibility index (Phi) is 3.09. The number of aromatic amines is 1. The van der Waals surface area contributed by atoms with Gasteiger partial charge in [-0.05, 0) is 36.4 Å². The maximum absolute atomic E-state index is 12.1. The molecule has 94 valence electrons. The minimum atomic E-state index is -0.140. The highest BCUT2D eigenvalue weighted by atomic mass is 79.9. The van der Waals surface area contributed by atoms with Gasteiger partial charge in [-0.2, -0.15) is 0 Å².